The molecule has 3 heteroatoms. The third-order valence-corrected chi connectivity index (χ3v) is 1.96. The molecule has 14 heavy (non-hydrogen) atoms. The van der Waals surface area contributed by atoms with E-state index in [1.165, 1.54) is 0 Å². The predicted molar refractivity (Wildman–Crippen MR) is 56.6 cm³/mol. The van der Waals surface area contributed by atoms with Crippen molar-refractivity contribution in [3.05, 3.63) is 23.8 Å². The van der Waals surface area contributed by atoms with Crippen LogP contribution in [0.4, 0.5) is 0 Å². The first kappa shape index (κ1) is 10.9. The van der Waals surface area contributed by atoms with Gasteiger partial charge in [0.2, 0.25) is 0 Å². The van der Waals surface area contributed by atoms with E-state index in [1.807, 2.05) is 6.07 Å². The molecular weight excluding hydrogens is 178 g/mol. The number of methoxy groups -OCH3 is 1. The molecule has 0 saturated carbocycles. The summed E-state index contributed by atoms with van der Waals surface area (Å²) in [6.07, 6.45) is 0. The Labute approximate surface area is 84.7 Å². The maximum atomic E-state index is 9.50. The number of rotatable bonds is 4. The summed E-state index contributed by atoms with van der Waals surface area (Å²) < 4.78 is 4.96. The van der Waals surface area contributed by atoms with Crippen LogP contribution in [0.2, 0.25) is 0 Å². The second-order valence-corrected chi connectivity index (χ2v) is 3.54. The second-order valence-electron chi connectivity index (χ2n) is 3.54. The molecule has 2 N–H and O–H groups in total. The van der Waals surface area contributed by atoms with Gasteiger partial charge in [-0.25, -0.2) is 0 Å². The summed E-state index contributed by atoms with van der Waals surface area (Å²) in [5.41, 5.74) is 1.05. The zero-order valence-electron chi connectivity index (χ0n) is 8.87. The van der Waals surface area contributed by atoms with Crippen LogP contribution >= 0.6 is 0 Å². The molecule has 0 aliphatic heterocycles. The maximum absolute atomic E-state index is 9.50. The van der Waals surface area contributed by atoms with Crippen molar-refractivity contribution < 1.29 is 9.84 Å². The minimum Gasteiger partial charge on any atom is -0.504 e. The van der Waals surface area contributed by atoms with E-state index in [0.717, 1.165) is 12.1 Å². The largest absolute Gasteiger partial charge is 0.504 e. The molecule has 0 heterocycles. The highest BCUT2D eigenvalue weighted by Crippen LogP contribution is 2.25. The average Bonchev–Trinajstić information content (AvgIpc) is 2.15. The Morgan fingerprint density at radius 3 is 2.64 bits per heavy atom. The van der Waals surface area contributed by atoms with Crippen molar-refractivity contribution in [1.29, 1.82) is 0 Å². The van der Waals surface area contributed by atoms with E-state index in [2.05, 4.69) is 19.2 Å². The van der Waals surface area contributed by atoms with Gasteiger partial charge in [-0.2, -0.15) is 0 Å². The van der Waals surface area contributed by atoms with Crippen molar-refractivity contribution in [2.45, 2.75) is 26.4 Å². The SMILES string of the molecule is COc1ccc(CNC(C)C)cc1O. The van der Waals surface area contributed by atoms with Gasteiger partial charge in [-0.15, -0.1) is 0 Å². The third kappa shape index (κ3) is 2.92. The van der Waals surface area contributed by atoms with Crippen LogP contribution in [0, 0.1) is 0 Å². The molecule has 1 aromatic carbocycles. The second kappa shape index (κ2) is 4.86. The number of phenols is 1. The van der Waals surface area contributed by atoms with E-state index in [9.17, 15) is 5.11 Å². The number of aromatic hydroxyl groups is 1. The van der Waals surface area contributed by atoms with Crippen LogP contribution in [-0.2, 0) is 6.54 Å². The molecule has 0 amide bonds. The Morgan fingerprint density at radius 2 is 2.14 bits per heavy atom. The highest BCUT2D eigenvalue weighted by Gasteiger charge is 2.02. The fourth-order valence-electron chi connectivity index (χ4n) is 1.17. The highest BCUT2D eigenvalue weighted by molar-refractivity contribution is 5.41. The summed E-state index contributed by atoms with van der Waals surface area (Å²) >= 11 is 0. The zero-order valence-corrected chi connectivity index (χ0v) is 8.87. The Morgan fingerprint density at radius 1 is 1.43 bits per heavy atom. The normalized spacial score (nSPS) is 10.6. The van der Waals surface area contributed by atoms with Crippen LogP contribution < -0.4 is 10.1 Å². The molecule has 0 radical (unpaired) electrons. The average molecular weight is 195 g/mol. The van der Waals surface area contributed by atoms with Gasteiger partial charge >= 0.3 is 0 Å². The van der Waals surface area contributed by atoms with Gasteiger partial charge in [0.1, 0.15) is 0 Å². The lowest BCUT2D eigenvalue weighted by Gasteiger charge is -2.09. The molecule has 3 nitrogen and oxygen atoms in total. The molecule has 1 aromatic rings. The van der Waals surface area contributed by atoms with Crippen molar-refractivity contribution in [2.24, 2.45) is 0 Å². The Bertz CT molecular complexity index is 297. The van der Waals surface area contributed by atoms with Crippen LogP contribution in [0.1, 0.15) is 19.4 Å². The van der Waals surface area contributed by atoms with Gasteiger partial charge in [0.25, 0.3) is 0 Å². The van der Waals surface area contributed by atoms with Gasteiger partial charge in [-0.05, 0) is 17.7 Å². The van der Waals surface area contributed by atoms with Crippen molar-refractivity contribution >= 4 is 0 Å². The summed E-state index contributed by atoms with van der Waals surface area (Å²) in [6, 6.07) is 5.87. The molecule has 1 rings (SSSR count). The van der Waals surface area contributed by atoms with Crippen LogP contribution in [-0.4, -0.2) is 18.3 Å². The topological polar surface area (TPSA) is 41.5 Å². The standard InChI is InChI=1S/C11H17NO2/c1-8(2)12-7-9-4-5-11(14-3)10(13)6-9/h4-6,8,12-13H,7H2,1-3H3. The molecule has 0 saturated heterocycles. The van der Waals surface area contributed by atoms with E-state index in [0.29, 0.717) is 11.8 Å². The highest BCUT2D eigenvalue weighted by atomic mass is 16.5. The quantitative estimate of drug-likeness (QED) is 0.771. The Balaban J connectivity index is 2.66. The number of ether oxygens (including phenoxy) is 1. The number of phenolic OH excluding ortho intramolecular Hbond substituents is 1. The maximum Gasteiger partial charge on any atom is 0.160 e. The van der Waals surface area contributed by atoms with Gasteiger partial charge in [0, 0.05) is 12.6 Å². The Kier molecular flexibility index (Phi) is 3.77. The molecule has 0 unspecified atom stereocenters. The first-order chi connectivity index (χ1) is 6.63. The molecule has 0 fully saturated rings. The van der Waals surface area contributed by atoms with E-state index in [4.69, 9.17) is 4.74 Å². The van der Waals surface area contributed by atoms with Crippen LogP contribution in [0.25, 0.3) is 0 Å². The number of hydrogen-bond donors (Lipinski definition) is 2. The van der Waals surface area contributed by atoms with Crippen LogP contribution in [0.3, 0.4) is 0 Å². The monoisotopic (exact) mass is 195 g/mol. The first-order valence-corrected chi connectivity index (χ1v) is 4.72. The zero-order chi connectivity index (χ0) is 10.6. The smallest absolute Gasteiger partial charge is 0.160 e. The molecule has 0 spiro atoms. The summed E-state index contributed by atoms with van der Waals surface area (Å²) in [6.45, 7) is 4.93. The minimum absolute atomic E-state index is 0.190. The van der Waals surface area contributed by atoms with E-state index < -0.39 is 0 Å². The van der Waals surface area contributed by atoms with Crippen molar-refractivity contribution in [1.82, 2.24) is 5.32 Å². The molecular formula is C11H17NO2. The Hall–Kier alpha value is -1.22. The lowest BCUT2D eigenvalue weighted by atomic mass is 10.2. The van der Waals surface area contributed by atoms with Gasteiger partial charge in [-0.1, -0.05) is 19.9 Å². The van der Waals surface area contributed by atoms with E-state index >= 15 is 0 Å². The number of benzene rings is 1. The number of nitrogens with one attached hydrogen (secondary N) is 1. The molecule has 0 aliphatic carbocycles. The molecule has 0 aromatic heterocycles. The lowest BCUT2D eigenvalue weighted by molar-refractivity contribution is 0.373. The third-order valence-electron chi connectivity index (χ3n) is 1.96. The summed E-state index contributed by atoms with van der Waals surface area (Å²) in [5, 5.41) is 12.8. The summed E-state index contributed by atoms with van der Waals surface area (Å²) in [7, 11) is 1.54. The van der Waals surface area contributed by atoms with Crippen LogP contribution in [0.5, 0.6) is 11.5 Å². The molecule has 0 atom stereocenters. The van der Waals surface area contributed by atoms with E-state index in [1.54, 1.807) is 19.2 Å². The molecule has 0 aliphatic rings. The fourth-order valence-corrected chi connectivity index (χ4v) is 1.17. The fraction of sp³-hybridized carbons (Fsp3) is 0.455. The van der Waals surface area contributed by atoms with Gasteiger partial charge < -0.3 is 15.2 Å². The van der Waals surface area contributed by atoms with Crippen molar-refractivity contribution in [2.75, 3.05) is 7.11 Å². The van der Waals surface area contributed by atoms with Gasteiger partial charge in [0.15, 0.2) is 11.5 Å². The predicted octanol–water partition coefficient (Wildman–Crippen LogP) is 1.90. The lowest BCUT2D eigenvalue weighted by Crippen LogP contribution is -2.21. The summed E-state index contributed by atoms with van der Waals surface area (Å²) in [4.78, 5) is 0. The van der Waals surface area contributed by atoms with Gasteiger partial charge in [-0.3, -0.25) is 0 Å². The molecule has 78 valence electrons. The van der Waals surface area contributed by atoms with E-state index in [-0.39, 0.29) is 5.75 Å². The minimum atomic E-state index is 0.190. The molecule has 0 bridgehead atoms. The van der Waals surface area contributed by atoms with Crippen LogP contribution in [0.15, 0.2) is 18.2 Å². The van der Waals surface area contributed by atoms with Gasteiger partial charge in [0.05, 0.1) is 7.11 Å². The van der Waals surface area contributed by atoms with Crippen molar-refractivity contribution in [3.8, 4) is 11.5 Å². The summed E-state index contributed by atoms with van der Waals surface area (Å²) in [5.74, 6) is 0.703. The first-order valence-electron chi connectivity index (χ1n) is 4.72. The number of hydrogen-bond acceptors (Lipinski definition) is 3. The van der Waals surface area contributed by atoms with Crippen molar-refractivity contribution in [3.63, 3.8) is 0 Å².